The van der Waals surface area contributed by atoms with Crippen molar-refractivity contribution in [3.05, 3.63) is 23.2 Å². The Morgan fingerprint density at radius 3 is 2.64 bits per heavy atom. The normalized spacial score (nSPS) is 17.2. The lowest BCUT2D eigenvalue weighted by atomic mass is 10.2. The van der Waals surface area contributed by atoms with Gasteiger partial charge in [0, 0.05) is 11.7 Å². The van der Waals surface area contributed by atoms with Crippen LogP contribution in [0.5, 0.6) is 0 Å². The molecule has 0 aliphatic heterocycles. The number of hydrogen-bond donors (Lipinski definition) is 2. The molecule has 0 saturated heterocycles. The smallest absolute Gasteiger partial charge is 0.0655 e. The van der Waals surface area contributed by atoms with Crippen molar-refractivity contribution in [2.24, 2.45) is 0 Å². The molecule has 3 N–H and O–H groups in total. The van der Waals surface area contributed by atoms with Crippen molar-refractivity contribution in [3.8, 4) is 0 Å². The maximum absolute atomic E-state index is 5.93. The highest BCUT2D eigenvalue weighted by molar-refractivity contribution is 6.33. The summed E-state index contributed by atoms with van der Waals surface area (Å²) in [5, 5.41) is 4.10. The minimum atomic E-state index is 0.620. The van der Waals surface area contributed by atoms with Gasteiger partial charge in [-0.2, -0.15) is 0 Å². The fourth-order valence-electron chi connectivity index (χ4n) is 1.92. The molecule has 76 valence electrons. The topological polar surface area (TPSA) is 38.0 Å². The molecule has 0 heterocycles. The molecule has 14 heavy (non-hydrogen) atoms. The molecule has 0 atom stereocenters. The van der Waals surface area contributed by atoms with Crippen molar-refractivity contribution < 1.29 is 0 Å². The molecular formula is C11H15ClN2. The van der Waals surface area contributed by atoms with Gasteiger partial charge in [0.25, 0.3) is 0 Å². The highest BCUT2D eigenvalue weighted by Crippen LogP contribution is 2.26. The summed E-state index contributed by atoms with van der Waals surface area (Å²) < 4.78 is 0. The number of nitrogens with one attached hydrogen (secondary N) is 1. The number of halogens is 1. The highest BCUT2D eigenvalue weighted by Gasteiger charge is 2.14. The van der Waals surface area contributed by atoms with E-state index in [2.05, 4.69) is 5.32 Å². The van der Waals surface area contributed by atoms with Crippen LogP contribution in [0.3, 0.4) is 0 Å². The van der Waals surface area contributed by atoms with Crippen molar-refractivity contribution >= 4 is 23.0 Å². The van der Waals surface area contributed by atoms with Crippen LogP contribution in [0.4, 0.5) is 11.4 Å². The van der Waals surface area contributed by atoms with Crippen LogP contribution < -0.4 is 11.1 Å². The standard InChI is InChI=1S/C11H15ClN2/c12-10-7-9(5-6-11(10)13)14-8-3-1-2-4-8/h5-8,14H,1-4,13H2. The first-order valence-corrected chi connectivity index (χ1v) is 5.45. The third-order valence-corrected chi connectivity index (χ3v) is 3.05. The van der Waals surface area contributed by atoms with Gasteiger partial charge in [-0.15, -0.1) is 0 Å². The summed E-state index contributed by atoms with van der Waals surface area (Å²) in [5.74, 6) is 0. The Balaban J connectivity index is 2.05. The van der Waals surface area contributed by atoms with E-state index in [0.717, 1.165) is 5.69 Å². The van der Waals surface area contributed by atoms with Gasteiger partial charge in [-0.05, 0) is 31.0 Å². The fraction of sp³-hybridized carbons (Fsp3) is 0.455. The molecule has 1 aliphatic rings. The predicted molar refractivity (Wildman–Crippen MR) is 61.7 cm³/mol. The Morgan fingerprint density at radius 2 is 2.00 bits per heavy atom. The van der Waals surface area contributed by atoms with Gasteiger partial charge in [0.05, 0.1) is 10.7 Å². The third-order valence-electron chi connectivity index (χ3n) is 2.73. The van der Waals surface area contributed by atoms with Gasteiger partial charge in [0.2, 0.25) is 0 Å². The van der Waals surface area contributed by atoms with E-state index >= 15 is 0 Å². The molecule has 1 fully saturated rings. The van der Waals surface area contributed by atoms with Crippen molar-refractivity contribution in [1.82, 2.24) is 0 Å². The van der Waals surface area contributed by atoms with Gasteiger partial charge >= 0.3 is 0 Å². The zero-order valence-corrected chi connectivity index (χ0v) is 8.85. The van der Waals surface area contributed by atoms with Crippen LogP contribution >= 0.6 is 11.6 Å². The monoisotopic (exact) mass is 210 g/mol. The molecule has 0 amide bonds. The summed E-state index contributed by atoms with van der Waals surface area (Å²) >= 11 is 5.93. The molecule has 2 rings (SSSR count). The molecule has 1 aromatic carbocycles. The maximum atomic E-state index is 5.93. The van der Waals surface area contributed by atoms with Gasteiger partial charge in [0.1, 0.15) is 0 Å². The SMILES string of the molecule is Nc1ccc(NC2CCCC2)cc1Cl. The Labute approximate surface area is 89.4 Å². The number of rotatable bonds is 2. The Kier molecular flexibility index (Phi) is 2.82. The van der Waals surface area contributed by atoms with Crippen molar-refractivity contribution in [3.63, 3.8) is 0 Å². The van der Waals surface area contributed by atoms with Gasteiger partial charge in [0.15, 0.2) is 0 Å². The van der Waals surface area contributed by atoms with E-state index in [-0.39, 0.29) is 0 Å². The van der Waals surface area contributed by atoms with Crippen LogP contribution in [-0.4, -0.2) is 6.04 Å². The molecule has 1 aliphatic carbocycles. The Bertz CT molecular complexity index is 319. The van der Waals surface area contributed by atoms with Crippen molar-refractivity contribution in [2.75, 3.05) is 11.1 Å². The lowest BCUT2D eigenvalue weighted by Crippen LogP contribution is -2.14. The largest absolute Gasteiger partial charge is 0.398 e. The molecule has 2 nitrogen and oxygen atoms in total. The molecule has 0 bridgehead atoms. The molecule has 0 spiro atoms. The molecule has 0 aromatic heterocycles. The second kappa shape index (κ2) is 4.09. The van der Waals surface area contributed by atoms with E-state index in [4.69, 9.17) is 17.3 Å². The van der Waals surface area contributed by atoms with Crippen molar-refractivity contribution in [1.29, 1.82) is 0 Å². The minimum absolute atomic E-state index is 0.620. The fourth-order valence-corrected chi connectivity index (χ4v) is 2.10. The second-order valence-corrected chi connectivity index (χ2v) is 4.27. The number of hydrogen-bond acceptors (Lipinski definition) is 2. The summed E-state index contributed by atoms with van der Waals surface area (Å²) in [6, 6.07) is 6.35. The molecule has 0 unspecified atom stereocenters. The van der Waals surface area contributed by atoms with E-state index in [0.29, 0.717) is 16.8 Å². The average Bonchev–Trinajstić information content (AvgIpc) is 2.64. The quantitative estimate of drug-likeness (QED) is 0.736. The summed E-state index contributed by atoms with van der Waals surface area (Å²) in [6.45, 7) is 0. The number of benzene rings is 1. The first kappa shape index (κ1) is 9.66. The predicted octanol–water partition coefficient (Wildman–Crippen LogP) is 3.28. The van der Waals surface area contributed by atoms with Crippen LogP contribution in [0.1, 0.15) is 25.7 Å². The van der Waals surface area contributed by atoms with Crippen LogP contribution in [0.25, 0.3) is 0 Å². The summed E-state index contributed by atoms with van der Waals surface area (Å²) in [4.78, 5) is 0. The molecule has 1 aromatic rings. The van der Waals surface area contributed by atoms with Crippen LogP contribution in [0, 0.1) is 0 Å². The van der Waals surface area contributed by atoms with Crippen LogP contribution in [0.2, 0.25) is 5.02 Å². The van der Waals surface area contributed by atoms with Crippen LogP contribution in [0.15, 0.2) is 18.2 Å². The van der Waals surface area contributed by atoms with E-state index in [9.17, 15) is 0 Å². The summed E-state index contributed by atoms with van der Waals surface area (Å²) in [6.07, 6.45) is 5.20. The third kappa shape index (κ3) is 2.13. The van der Waals surface area contributed by atoms with Gasteiger partial charge in [-0.1, -0.05) is 24.4 Å². The lowest BCUT2D eigenvalue weighted by molar-refractivity contribution is 0.755. The highest BCUT2D eigenvalue weighted by atomic mass is 35.5. The summed E-state index contributed by atoms with van der Waals surface area (Å²) in [7, 11) is 0. The minimum Gasteiger partial charge on any atom is -0.398 e. The average molecular weight is 211 g/mol. The Morgan fingerprint density at radius 1 is 1.29 bits per heavy atom. The number of nitrogens with two attached hydrogens (primary N) is 1. The molecular weight excluding hydrogens is 196 g/mol. The van der Waals surface area contributed by atoms with Gasteiger partial charge < -0.3 is 11.1 Å². The van der Waals surface area contributed by atoms with Crippen molar-refractivity contribution in [2.45, 2.75) is 31.7 Å². The van der Waals surface area contributed by atoms with Gasteiger partial charge in [-0.25, -0.2) is 0 Å². The molecule has 0 radical (unpaired) electrons. The van der Waals surface area contributed by atoms with E-state index < -0.39 is 0 Å². The van der Waals surface area contributed by atoms with E-state index in [1.165, 1.54) is 25.7 Å². The molecule has 1 saturated carbocycles. The lowest BCUT2D eigenvalue weighted by Gasteiger charge is -2.13. The maximum Gasteiger partial charge on any atom is 0.0655 e. The first-order valence-electron chi connectivity index (χ1n) is 5.07. The second-order valence-electron chi connectivity index (χ2n) is 3.86. The van der Waals surface area contributed by atoms with Gasteiger partial charge in [-0.3, -0.25) is 0 Å². The van der Waals surface area contributed by atoms with Crippen LogP contribution in [-0.2, 0) is 0 Å². The molecule has 3 heteroatoms. The zero-order chi connectivity index (χ0) is 9.97. The Hall–Kier alpha value is -0.890. The first-order chi connectivity index (χ1) is 6.75. The number of nitrogen functional groups attached to an aromatic ring is 1. The number of anilines is 2. The van der Waals surface area contributed by atoms with E-state index in [1.807, 2.05) is 18.2 Å². The summed E-state index contributed by atoms with van der Waals surface area (Å²) in [5.41, 5.74) is 7.36. The van der Waals surface area contributed by atoms with E-state index in [1.54, 1.807) is 0 Å². The zero-order valence-electron chi connectivity index (χ0n) is 8.09.